The van der Waals surface area contributed by atoms with E-state index in [0.717, 1.165) is 38.0 Å². The molecule has 2 heterocycles. The molecule has 0 bridgehead atoms. The summed E-state index contributed by atoms with van der Waals surface area (Å²) in [7, 11) is 0. The zero-order valence-electron chi connectivity index (χ0n) is 12.9. The standard InChI is InChI=1S/C17H20N4O2/c22-13-20-8-5-15(6-9-20)14-1-3-16(4-2-14)19-17(23)11-21-10-7-18-12-21/h1-4,7,10,12-13,15H,5-6,8-9,11H2,(H,19,23). The first-order chi connectivity index (χ1) is 11.2. The lowest BCUT2D eigenvalue weighted by Crippen LogP contribution is -2.31. The van der Waals surface area contributed by atoms with E-state index in [4.69, 9.17) is 0 Å². The molecule has 23 heavy (non-hydrogen) atoms. The van der Waals surface area contributed by atoms with Crippen LogP contribution in [0.2, 0.25) is 0 Å². The van der Waals surface area contributed by atoms with Gasteiger partial charge in [0.1, 0.15) is 6.54 Å². The van der Waals surface area contributed by atoms with Crippen molar-refractivity contribution in [3.05, 3.63) is 48.5 Å². The van der Waals surface area contributed by atoms with E-state index in [0.29, 0.717) is 5.92 Å². The Morgan fingerprint density at radius 3 is 2.61 bits per heavy atom. The molecule has 1 N–H and O–H groups in total. The van der Waals surface area contributed by atoms with Crippen LogP contribution in [0.25, 0.3) is 0 Å². The van der Waals surface area contributed by atoms with E-state index in [-0.39, 0.29) is 12.5 Å². The average Bonchev–Trinajstić information content (AvgIpc) is 3.08. The number of anilines is 1. The normalized spacial score (nSPS) is 15.4. The number of hydrogen-bond acceptors (Lipinski definition) is 3. The lowest BCUT2D eigenvalue weighted by molar-refractivity contribution is -0.119. The van der Waals surface area contributed by atoms with Crippen LogP contribution in [0.3, 0.4) is 0 Å². The number of carbonyl (C=O) groups excluding carboxylic acids is 2. The molecule has 1 aromatic heterocycles. The Morgan fingerprint density at radius 2 is 2.00 bits per heavy atom. The maximum atomic E-state index is 11.9. The monoisotopic (exact) mass is 312 g/mol. The predicted molar refractivity (Wildman–Crippen MR) is 86.9 cm³/mol. The second kappa shape index (κ2) is 7.09. The highest BCUT2D eigenvalue weighted by atomic mass is 16.2. The molecule has 120 valence electrons. The molecule has 0 atom stereocenters. The van der Waals surface area contributed by atoms with E-state index in [9.17, 15) is 9.59 Å². The zero-order chi connectivity index (χ0) is 16.1. The topological polar surface area (TPSA) is 67.2 Å². The molecule has 6 nitrogen and oxygen atoms in total. The number of nitrogens with one attached hydrogen (secondary N) is 1. The highest BCUT2D eigenvalue weighted by Crippen LogP contribution is 2.28. The van der Waals surface area contributed by atoms with Gasteiger partial charge in [-0.2, -0.15) is 0 Å². The van der Waals surface area contributed by atoms with E-state index < -0.39 is 0 Å². The first kappa shape index (κ1) is 15.3. The number of hydrogen-bond donors (Lipinski definition) is 1. The van der Waals surface area contributed by atoms with Gasteiger partial charge < -0.3 is 14.8 Å². The van der Waals surface area contributed by atoms with Crippen LogP contribution >= 0.6 is 0 Å². The van der Waals surface area contributed by atoms with Crippen LogP contribution in [0.4, 0.5) is 5.69 Å². The van der Waals surface area contributed by atoms with Gasteiger partial charge in [-0.3, -0.25) is 9.59 Å². The Kier molecular flexibility index (Phi) is 4.71. The third kappa shape index (κ3) is 3.97. The van der Waals surface area contributed by atoms with Crippen molar-refractivity contribution >= 4 is 18.0 Å². The molecular weight excluding hydrogens is 292 g/mol. The second-order valence-corrected chi connectivity index (χ2v) is 5.82. The summed E-state index contributed by atoms with van der Waals surface area (Å²) < 4.78 is 1.73. The molecule has 1 aliphatic rings. The van der Waals surface area contributed by atoms with Crippen molar-refractivity contribution in [2.75, 3.05) is 18.4 Å². The molecule has 2 aromatic rings. The Labute approximate surface area is 135 Å². The minimum atomic E-state index is -0.0740. The van der Waals surface area contributed by atoms with Gasteiger partial charge in [0, 0.05) is 31.2 Å². The maximum Gasteiger partial charge on any atom is 0.244 e. The molecule has 0 spiro atoms. The summed E-state index contributed by atoms with van der Waals surface area (Å²) in [4.78, 5) is 28.4. The molecule has 1 aromatic carbocycles. The van der Waals surface area contributed by atoms with Gasteiger partial charge in [-0.05, 0) is 36.5 Å². The van der Waals surface area contributed by atoms with Gasteiger partial charge in [-0.25, -0.2) is 4.98 Å². The molecule has 0 radical (unpaired) electrons. The van der Waals surface area contributed by atoms with E-state index in [1.54, 1.807) is 23.3 Å². The largest absolute Gasteiger partial charge is 0.345 e. The zero-order valence-corrected chi connectivity index (χ0v) is 12.9. The summed E-state index contributed by atoms with van der Waals surface area (Å²) in [6, 6.07) is 8.00. The van der Waals surface area contributed by atoms with Crippen molar-refractivity contribution in [1.82, 2.24) is 14.5 Å². The van der Waals surface area contributed by atoms with E-state index in [1.807, 2.05) is 17.0 Å². The quantitative estimate of drug-likeness (QED) is 0.857. The first-order valence-electron chi connectivity index (χ1n) is 7.79. The number of benzene rings is 1. The molecule has 1 fully saturated rings. The highest BCUT2D eigenvalue weighted by Gasteiger charge is 2.19. The molecule has 0 unspecified atom stereocenters. The van der Waals surface area contributed by atoms with E-state index >= 15 is 0 Å². The highest BCUT2D eigenvalue weighted by molar-refractivity contribution is 5.90. The first-order valence-corrected chi connectivity index (χ1v) is 7.79. The third-order valence-corrected chi connectivity index (χ3v) is 4.23. The molecule has 0 saturated carbocycles. The number of nitrogens with zero attached hydrogens (tertiary/aromatic N) is 3. The van der Waals surface area contributed by atoms with Crippen LogP contribution in [0, 0.1) is 0 Å². The second-order valence-electron chi connectivity index (χ2n) is 5.82. The van der Waals surface area contributed by atoms with Crippen molar-refractivity contribution in [2.24, 2.45) is 0 Å². The summed E-state index contributed by atoms with van der Waals surface area (Å²) in [5, 5.41) is 2.88. The van der Waals surface area contributed by atoms with Gasteiger partial charge in [0.05, 0.1) is 6.33 Å². The fourth-order valence-corrected chi connectivity index (χ4v) is 2.92. The van der Waals surface area contributed by atoms with Crippen LogP contribution in [-0.2, 0) is 16.1 Å². The number of imidazole rings is 1. The SMILES string of the molecule is O=CN1CCC(c2ccc(NC(=O)Cn3ccnc3)cc2)CC1. The van der Waals surface area contributed by atoms with Gasteiger partial charge >= 0.3 is 0 Å². The smallest absolute Gasteiger partial charge is 0.244 e. The summed E-state index contributed by atoms with van der Waals surface area (Å²) in [5.41, 5.74) is 2.06. The maximum absolute atomic E-state index is 11.9. The van der Waals surface area contributed by atoms with Crippen molar-refractivity contribution in [3.63, 3.8) is 0 Å². The van der Waals surface area contributed by atoms with Crippen LogP contribution in [0.1, 0.15) is 24.3 Å². The lowest BCUT2D eigenvalue weighted by atomic mass is 9.89. The molecule has 1 aliphatic heterocycles. The number of likely N-dealkylation sites (tertiary alicyclic amines) is 1. The number of aromatic nitrogens is 2. The van der Waals surface area contributed by atoms with Crippen LogP contribution in [0.5, 0.6) is 0 Å². The summed E-state index contributed by atoms with van der Waals surface area (Å²) in [6.45, 7) is 1.89. The van der Waals surface area contributed by atoms with Crippen molar-refractivity contribution in [1.29, 1.82) is 0 Å². The van der Waals surface area contributed by atoms with Gasteiger partial charge in [0.15, 0.2) is 0 Å². The summed E-state index contributed by atoms with van der Waals surface area (Å²) in [5.74, 6) is 0.414. The van der Waals surface area contributed by atoms with Crippen molar-refractivity contribution < 1.29 is 9.59 Å². The fourth-order valence-electron chi connectivity index (χ4n) is 2.92. The minimum absolute atomic E-state index is 0.0740. The van der Waals surface area contributed by atoms with Gasteiger partial charge in [0.25, 0.3) is 0 Å². The molecule has 1 saturated heterocycles. The lowest BCUT2D eigenvalue weighted by Gasteiger charge is -2.29. The summed E-state index contributed by atoms with van der Waals surface area (Å²) >= 11 is 0. The van der Waals surface area contributed by atoms with Crippen LogP contribution in [0.15, 0.2) is 43.0 Å². The number of amides is 2. The number of rotatable bonds is 5. The summed E-state index contributed by atoms with van der Waals surface area (Å²) in [6.07, 6.45) is 7.94. The Morgan fingerprint density at radius 1 is 1.26 bits per heavy atom. The Hall–Kier alpha value is -2.63. The van der Waals surface area contributed by atoms with Gasteiger partial charge in [-0.1, -0.05) is 12.1 Å². The molecule has 2 amide bonds. The van der Waals surface area contributed by atoms with E-state index in [1.165, 1.54) is 5.56 Å². The molecule has 3 rings (SSSR count). The third-order valence-electron chi connectivity index (χ3n) is 4.23. The predicted octanol–water partition coefficient (Wildman–Crippen LogP) is 1.86. The molecular formula is C17H20N4O2. The number of piperidine rings is 1. The van der Waals surface area contributed by atoms with E-state index in [2.05, 4.69) is 22.4 Å². The van der Waals surface area contributed by atoms with Gasteiger partial charge in [0.2, 0.25) is 12.3 Å². The average molecular weight is 312 g/mol. The Balaban J connectivity index is 1.55. The minimum Gasteiger partial charge on any atom is -0.345 e. The van der Waals surface area contributed by atoms with Crippen LogP contribution in [-0.4, -0.2) is 39.9 Å². The molecule has 6 heteroatoms. The molecule has 0 aliphatic carbocycles. The van der Waals surface area contributed by atoms with Crippen molar-refractivity contribution in [3.8, 4) is 0 Å². The van der Waals surface area contributed by atoms with Gasteiger partial charge in [-0.15, -0.1) is 0 Å². The van der Waals surface area contributed by atoms with Crippen LogP contribution < -0.4 is 5.32 Å². The fraction of sp³-hybridized carbons (Fsp3) is 0.353. The number of carbonyl (C=O) groups is 2. The Bertz CT molecular complexity index is 644. The van der Waals surface area contributed by atoms with Crippen molar-refractivity contribution in [2.45, 2.75) is 25.3 Å².